The van der Waals surface area contributed by atoms with Crippen LogP contribution in [0.1, 0.15) is 52.0 Å². The summed E-state index contributed by atoms with van der Waals surface area (Å²) in [6, 6.07) is 6.08. The molecule has 6 heteroatoms. The van der Waals surface area contributed by atoms with Gasteiger partial charge in [0.25, 0.3) is 0 Å². The molecule has 1 aromatic carbocycles. The Balaban J connectivity index is 1.90. The number of ether oxygens (including phenoxy) is 2. The summed E-state index contributed by atoms with van der Waals surface area (Å²) in [5.74, 6) is 2.34. The van der Waals surface area contributed by atoms with Crippen LogP contribution in [0.2, 0.25) is 0 Å². The molecule has 0 amide bonds. The van der Waals surface area contributed by atoms with Crippen molar-refractivity contribution in [3.63, 3.8) is 0 Å². The number of aliphatic hydroxyl groups is 1. The zero-order valence-electron chi connectivity index (χ0n) is 17.0. The normalized spacial score (nSPS) is 16.2. The second kappa shape index (κ2) is 11.0. The zero-order valence-corrected chi connectivity index (χ0v) is 17.0. The van der Waals surface area contributed by atoms with Gasteiger partial charge in [0.05, 0.1) is 25.4 Å². The summed E-state index contributed by atoms with van der Waals surface area (Å²) < 4.78 is 11.3. The van der Waals surface area contributed by atoms with Crippen LogP contribution in [0.15, 0.2) is 23.2 Å². The molecule has 0 radical (unpaired) electrons. The highest BCUT2D eigenvalue weighted by atomic mass is 16.5. The molecule has 0 aromatic heterocycles. The molecule has 0 spiro atoms. The lowest BCUT2D eigenvalue weighted by molar-refractivity contribution is 0.0574. The summed E-state index contributed by atoms with van der Waals surface area (Å²) in [6.45, 7) is 9.23. The Labute approximate surface area is 163 Å². The van der Waals surface area contributed by atoms with E-state index in [-0.39, 0.29) is 0 Å². The Kier molecular flexibility index (Phi) is 8.72. The van der Waals surface area contributed by atoms with Crippen molar-refractivity contribution in [2.75, 3.05) is 32.8 Å². The van der Waals surface area contributed by atoms with E-state index in [4.69, 9.17) is 9.47 Å². The molecule has 0 bridgehead atoms. The van der Waals surface area contributed by atoms with Gasteiger partial charge in [0.1, 0.15) is 0 Å². The van der Waals surface area contributed by atoms with Crippen molar-refractivity contribution in [1.82, 2.24) is 10.6 Å². The lowest BCUT2D eigenvalue weighted by Crippen LogP contribution is -2.40. The number of hydrogen-bond donors (Lipinski definition) is 3. The number of aliphatic imine (C=N–C) groups is 1. The third-order valence-corrected chi connectivity index (χ3v) is 4.72. The van der Waals surface area contributed by atoms with E-state index >= 15 is 0 Å². The molecule has 1 aromatic rings. The maximum atomic E-state index is 10.5. The molecule has 152 valence electrons. The topological polar surface area (TPSA) is 75.1 Å². The fourth-order valence-electron chi connectivity index (χ4n) is 3.34. The molecule has 1 aliphatic rings. The average molecular weight is 378 g/mol. The Morgan fingerprint density at radius 1 is 1.07 bits per heavy atom. The van der Waals surface area contributed by atoms with E-state index in [9.17, 15) is 5.11 Å². The van der Waals surface area contributed by atoms with E-state index in [1.54, 1.807) is 0 Å². The van der Waals surface area contributed by atoms with Crippen molar-refractivity contribution in [2.45, 2.75) is 58.5 Å². The predicted octanol–water partition coefficient (Wildman–Crippen LogP) is 2.89. The molecule has 27 heavy (non-hydrogen) atoms. The van der Waals surface area contributed by atoms with Gasteiger partial charge in [0.15, 0.2) is 17.5 Å². The minimum Gasteiger partial charge on any atom is -0.490 e. The summed E-state index contributed by atoms with van der Waals surface area (Å²) in [7, 11) is 0. The standard InChI is InChI=1S/C21H35N3O3/c1-4-22-20(24-16-21(25)12-7-8-13-21)23-14-11-17-9-10-18(26-5-2)19(15-17)27-6-3/h9-10,15,25H,4-8,11-14,16H2,1-3H3,(H2,22,23,24). The van der Waals surface area contributed by atoms with Crippen molar-refractivity contribution < 1.29 is 14.6 Å². The van der Waals surface area contributed by atoms with Crippen molar-refractivity contribution in [3.8, 4) is 11.5 Å². The zero-order chi connectivity index (χ0) is 19.5. The lowest BCUT2D eigenvalue weighted by Gasteiger charge is -2.20. The van der Waals surface area contributed by atoms with Gasteiger partial charge in [-0.3, -0.25) is 4.99 Å². The highest BCUT2D eigenvalue weighted by Gasteiger charge is 2.30. The Hall–Kier alpha value is -1.95. The van der Waals surface area contributed by atoms with Gasteiger partial charge in [-0.2, -0.15) is 0 Å². The van der Waals surface area contributed by atoms with Gasteiger partial charge in [-0.15, -0.1) is 0 Å². The quantitative estimate of drug-likeness (QED) is 0.432. The van der Waals surface area contributed by atoms with Gasteiger partial charge in [-0.05, 0) is 57.7 Å². The fraction of sp³-hybridized carbons (Fsp3) is 0.667. The first kappa shape index (κ1) is 21.4. The molecule has 1 aliphatic carbocycles. The van der Waals surface area contributed by atoms with Crippen LogP contribution >= 0.6 is 0 Å². The van der Waals surface area contributed by atoms with Crippen molar-refractivity contribution in [3.05, 3.63) is 23.8 Å². The van der Waals surface area contributed by atoms with Crippen LogP contribution < -0.4 is 20.1 Å². The van der Waals surface area contributed by atoms with E-state index in [2.05, 4.69) is 21.7 Å². The van der Waals surface area contributed by atoms with E-state index in [0.717, 1.165) is 62.7 Å². The van der Waals surface area contributed by atoms with Crippen molar-refractivity contribution >= 4 is 5.96 Å². The monoisotopic (exact) mass is 377 g/mol. The predicted molar refractivity (Wildman–Crippen MR) is 110 cm³/mol. The van der Waals surface area contributed by atoms with Gasteiger partial charge in [-0.25, -0.2) is 0 Å². The highest BCUT2D eigenvalue weighted by molar-refractivity contribution is 5.79. The maximum absolute atomic E-state index is 10.5. The summed E-state index contributed by atoms with van der Waals surface area (Å²) in [4.78, 5) is 4.58. The molecule has 6 nitrogen and oxygen atoms in total. The first-order valence-corrected chi connectivity index (χ1v) is 10.2. The summed E-state index contributed by atoms with van der Waals surface area (Å²) in [6.07, 6.45) is 4.73. The number of nitrogens with zero attached hydrogens (tertiary/aromatic N) is 1. The number of nitrogens with one attached hydrogen (secondary N) is 2. The van der Waals surface area contributed by atoms with E-state index in [1.165, 1.54) is 5.56 Å². The molecule has 0 unspecified atom stereocenters. The van der Waals surface area contributed by atoms with Crippen LogP contribution in [0.3, 0.4) is 0 Å². The van der Waals surface area contributed by atoms with E-state index in [1.807, 2.05) is 32.9 Å². The number of rotatable bonds is 10. The van der Waals surface area contributed by atoms with Crippen LogP contribution in [0.25, 0.3) is 0 Å². The first-order chi connectivity index (χ1) is 13.1. The third kappa shape index (κ3) is 6.94. The van der Waals surface area contributed by atoms with Crippen molar-refractivity contribution in [1.29, 1.82) is 0 Å². The Bertz CT molecular complexity index is 598. The number of benzene rings is 1. The molecular weight excluding hydrogens is 342 g/mol. The van der Waals surface area contributed by atoms with E-state index < -0.39 is 5.60 Å². The smallest absolute Gasteiger partial charge is 0.191 e. The Morgan fingerprint density at radius 3 is 2.44 bits per heavy atom. The Morgan fingerprint density at radius 2 is 1.78 bits per heavy atom. The van der Waals surface area contributed by atoms with Crippen LogP contribution in [-0.4, -0.2) is 49.5 Å². The van der Waals surface area contributed by atoms with Gasteiger partial charge < -0.3 is 25.2 Å². The summed E-state index contributed by atoms with van der Waals surface area (Å²) in [5, 5.41) is 17.1. The van der Waals surface area contributed by atoms with Crippen LogP contribution in [0.4, 0.5) is 0 Å². The summed E-state index contributed by atoms with van der Waals surface area (Å²) >= 11 is 0. The number of hydrogen-bond acceptors (Lipinski definition) is 4. The minimum atomic E-state index is -0.621. The average Bonchev–Trinajstić information content (AvgIpc) is 3.09. The van der Waals surface area contributed by atoms with Crippen LogP contribution in [-0.2, 0) is 6.42 Å². The molecule has 3 N–H and O–H groups in total. The van der Waals surface area contributed by atoms with E-state index in [0.29, 0.717) is 19.8 Å². The first-order valence-electron chi connectivity index (χ1n) is 10.2. The second-order valence-corrected chi connectivity index (χ2v) is 6.95. The number of guanidine groups is 1. The molecule has 1 saturated carbocycles. The minimum absolute atomic E-state index is 0.458. The molecular formula is C21H35N3O3. The molecule has 0 heterocycles. The SMILES string of the molecule is CCNC(=NCC1(O)CCCC1)NCCc1ccc(OCC)c(OCC)c1. The second-order valence-electron chi connectivity index (χ2n) is 6.95. The van der Waals surface area contributed by atoms with Gasteiger partial charge in [-0.1, -0.05) is 18.9 Å². The largest absolute Gasteiger partial charge is 0.490 e. The summed E-state index contributed by atoms with van der Waals surface area (Å²) in [5.41, 5.74) is 0.559. The molecule has 2 rings (SSSR count). The third-order valence-electron chi connectivity index (χ3n) is 4.72. The highest BCUT2D eigenvalue weighted by Crippen LogP contribution is 2.30. The van der Waals surface area contributed by atoms with Crippen LogP contribution in [0.5, 0.6) is 11.5 Å². The molecule has 0 aliphatic heterocycles. The lowest BCUT2D eigenvalue weighted by atomic mass is 10.0. The molecule has 1 fully saturated rings. The van der Waals surface area contributed by atoms with Crippen molar-refractivity contribution in [2.24, 2.45) is 4.99 Å². The van der Waals surface area contributed by atoms with Gasteiger partial charge in [0, 0.05) is 13.1 Å². The van der Waals surface area contributed by atoms with Gasteiger partial charge in [0.2, 0.25) is 0 Å². The maximum Gasteiger partial charge on any atom is 0.191 e. The molecule has 0 atom stereocenters. The van der Waals surface area contributed by atoms with Gasteiger partial charge >= 0.3 is 0 Å². The fourth-order valence-corrected chi connectivity index (χ4v) is 3.34. The molecule has 0 saturated heterocycles. The van der Waals surface area contributed by atoms with Crippen LogP contribution in [0, 0.1) is 0 Å².